The fraction of sp³-hybridized carbons (Fsp3) is 0.647. The molecule has 0 aliphatic heterocycles. The largest absolute Gasteiger partial charge is 0.497 e. The maximum atomic E-state index is 5.30. The van der Waals surface area contributed by atoms with Crippen LogP contribution in [0.15, 0.2) is 18.2 Å². The van der Waals surface area contributed by atoms with Crippen molar-refractivity contribution in [3.63, 3.8) is 0 Å². The molecule has 1 aromatic carbocycles. The normalized spacial score (nSPS) is 26.6. The Bertz CT molecular complexity index is 416. The molecule has 1 N–H and O–H groups in total. The first-order valence-corrected chi connectivity index (χ1v) is 7.55. The van der Waals surface area contributed by atoms with Crippen molar-refractivity contribution in [2.24, 2.45) is 5.92 Å². The van der Waals surface area contributed by atoms with Crippen molar-refractivity contribution in [3.05, 3.63) is 29.3 Å². The van der Waals surface area contributed by atoms with Gasteiger partial charge in [0.2, 0.25) is 0 Å². The van der Waals surface area contributed by atoms with Gasteiger partial charge in [0.25, 0.3) is 0 Å². The van der Waals surface area contributed by atoms with Crippen molar-refractivity contribution in [1.82, 2.24) is 5.32 Å². The quantitative estimate of drug-likeness (QED) is 0.868. The predicted molar refractivity (Wildman–Crippen MR) is 81.0 cm³/mol. The molecule has 2 nitrogen and oxygen atoms in total. The van der Waals surface area contributed by atoms with Gasteiger partial charge in [0.1, 0.15) is 5.75 Å². The second kappa shape index (κ2) is 6.42. The van der Waals surface area contributed by atoms with Crippen LogP contribution in [0.4, 0.5) is 0 Å². The summed E-state index contributed by atoms with van der Waals surface area (Å²) < 4.78 is 5.30. The van der Waals surface area contributed by atoms with Crippen LogP contribution in [0.5, 0.6) is 5.75 Å². The third kappa shape index (κ3) is 3.11. The van der Waals surface area contributed by atoms with Gasteiger partial charge in [0.15, 0.2) is 0 Å². The van der Waals surface area contributed by atoms with Crippen LogP contribution in [-0.2, 0) is 0 Å². The topological polar surface area (TPSA) is 21.3 Å². The van der Waals surface area contributed by atoms with E-state index in [1.54, 1.807) is 7.11 Å². The van der Waals surface area contributed by atoms with E-state index < -0.39 is 0 Å². The lowest BCUT2D eigenvalue weighted by atomic mass is 9.86. The second-order valence-corrected chi connectivity index (χ2v) is 5.83. The molecule has 106 valence electrons. The Hall–Kier alpha value is -1.02. The highest BCUT2D eigenvalue weighted by Crippen LogP contribution is 2.41. The third-order valence-electron chi connectivity index (χ3n) is 4.59. The van der Waals surface area contributed by atoms with Gasteiger partial charge < -0.3 is 10.1 Å². The Morgan fingerprint density at radius 3 is 2.74 bits per heavy atom. The fourth-order valence-electron chi connectivity index (χ4n) is 3.41. The van der Waals surface area contributed by atoms with Crippen LogP contribution in [0.2, 0.25) is 0 Å². The molecule has 1 aromatic rings. The zero-order valence-electron chi connectivity index (χ0n) is 12.7. The number of nitrogens with one attached hydrogen (secondary N) is 1. The van der Waals surface area contributed by atoms with Crippen LogP contribution in [0.3, 0.4) is 0 Å². The molecule has 0 aromatic heterocycles. The highest BCUT2D eigenvalue weighted by atomic mass is 16.5. The molecule has 1 saturated carbocycles. The molecule has 2 heteroatoms. The second-order valence-electron chi connectivity index (χ2n) is 5.83. The molecule has 0 saturated heterocycles. The van der Waals surface area contributed by atoms with E-state index in [9.17, 15) is 0 Å². The zero-order valence-corrected chi connectivity index (χ0v) is 12.7. The summed E-state index contributed by atoms with van der Waals surface area (Å²) in [7, 11) is 1.73. The Balaban J connectivity index is 2.10. The number of benzene rings is 1. The van der Waals surface area contributed by atoms with E-state index in [0.29, 0.717) is 12.0 Å². The van der Waals surface area contributed by atoms with Gasteiger partial charge >= 0.3 is 0 Å². The molecule has 0 bridgehead atoms. The minimum absolute atomic E-state index is 0.687. The summed E-state index contributed by atoms with van der Waals surface area (Å²) in [6.45, 7) is 7.98. The zero-order chi connectivity index (χ0) is 13.8. The van der Waals surface area contributed by atoms with Gasteiger partial charge in [0, 0.05) is 6.04 Å². The van der Waals surface area contributed by atoms with E-state index in [1.165, 1.54) is 30.4 Å². The van der Waals surface area contributed by atoms with Crippen molar-refractivity contribution in [1.29, 1.82) is 0 Å². The SMILES string of the molecule is CCCNC1CCC(c2ccc(OC)cc2C)C1C. The van der Waals surface area contributed by atoms with Gasteiger partial charge in [-0.2, -0.15) is 0 Å². The monoisotopic (exact) mass is 261 g/mol. The lowest BCUT2D eigenvalue weighted by Gasteiger charge is -2.23. The van der Waals surface area contributed by atoms with Gasteiger partial charge in [-0.05, 0) is 67.8 Å². The summed E-state index contributed by atoms with van der Waals surface area (Å²) >= 11 is 0. The summed E-state index contributed by atoms with van der Waals surface area (Å²) in [4.78, 5) is 0. The van der Waals surface area contributed by atoms with E-state index >= 15 is 0 Å². The Morgan fingerprint density at radius 2 is 2.11 bits per heavy atom. The first-order chi connectivity index (χ1) is 9.17. The summed E-state index contributed by atoms with van der Waals surface area (Å²) in [6.07, 6.45) is 3.82. The van der Waals surface area contributed by atoms with Crippen LogP contribution in [-0.4, -0.2) is 19.7 Å². The van der Waals surface area contributed by atoms with Gasteiger partial charge in [-0.25, -0.2) is 0 Å². The summed E-state index contributed by atoms with van der Waals surface area (Å²) in [5.41, 5.74) is 2.88. The summed E-state index contributed by atoms with van der Waals surface area (Å²) in [5, 5.41) is 3.70. The van der Waals surface area contributed by atoms with Crippen LogP contribution < -0.4 is 10.1 Å². The van der Waals surface area contributed by atoms with Crippen LogP contribution in [0.1, 0.15) is 50.2 Å². The predicted octanol–water partition coefficient (Wildman–Crippen LogP) is 3.89. The van der Waals surface area contributed by atoms with E-state index in [0.717, 1.165) is 18.2 Å². The molecule has 0 spiro atoms. The van der Waals surface area contributed by atoms with E-state index in [1.807, 2.05) is 0 Å². The van der Waals surface area contributed by atoms with Crippen molar-refractivity contribution in [3.8, 4) is 5.75 Å². The first kappa shape index (κ1) is 14.4. The fourth-order valence-corrected chi connectivity index (χ4v) is 3.41. The molecule has 1 aliphatic carbocycles. The minimum Gasteiger partial charge on any atom is -0.497 e. The van der Waals surface area contributed by atoms with E-state index in [4.69, 9.17) is 4.74 Å². The van der Waals surface area contributed by atoms with Crippen molar-refractivity contribution in [2.75, 3.05) is 13.7 Å². The molecule has 1 fully saturated rings. The van der Waals surface area contributed by atoms with E-state index in [-0.39, 0.29) is 0 Å². The number of hydrogen-bond acceptors (Lipinski definition) is 2. The smallest absolute Gasteiger partial charge is 0.119 e. The van der Waals surface area contributed by atoms with Crippen LogP contribution >= 0.6 is 0 Å². The molecule has 0 amide bonds. The van der Waals surface area contributed by atoms with Gasteiger partial charge in [-0.1, -0.05) is 19.9 Å². The highest BCUT2D eigenvalue weighted by molar-refractivity contribution is 5.37. The lowest BCUT2D eigenvalue weighted by molar-refractivity contribution is 0.402. The molecule has 3 unspecified atom stereocenters. The average molecular weight is 261 g/mol. The molecular weight excluding hydrogens is 234 g/mol. The Morgan fingerprint density at radius 1 is 1.32 bits per heavy atom. The number of methoxy groups -OCH3 is 1. The maximum Gasteiger partial charge on any atom is 0.119 e. The first-order valence-electron chi connectivity index (χ1n) is 7.55. The number of aryl methyl sites for hydroxylation is 1. The summed E-state index contributed by atoms with van der Waals surface area (Å²) in [5.74, 6) is 2.38. The van der Waals surface area contributed by atoms with Gasteiger partial charge in [-0.3, -0.25) is 0 Å². The standard InChI is InChI=1S/C17H27NO/c1-5-10-18-17-9-8-16(13(17)3)15-7-6-14(19-4)11-12(15)2/h6-7,11,13,16-18H,5,8-10H2,1-4H3. The van der Waals surface area contributed by atoms with Crippen LogP contribution in [0.25, 0.3) is 0 Å². The van der Waals surface area contributed by atoms with Gasteiger partial charge in [-0.15, -0.1) is 0 Å². The molecule has 1 aliphatic rings. The molecule has 3 atom stereocenters. The van der Waals surface area contributed by atoms with Gasteiger partial charge in [0.05, 0.1) is 7.11 Å². The maximum absolute atomic E-state index is 5.30. The minimum atomic E-state index is 0.687. The highest BCUT2D eigenvalue weighted by Gasteiger charge is 2.33. The lowest BCUT2D eigenvalue weighted by Crippen LogP contribution is -2.32. The van der Waals surface area contributed by atoms with Crippen molar-refractivity contribution < 1.29 is 4.74 Å². The van der Waals surface area contributed by atoms with E-state index in [2.05, 4.69) is 44.3 Å². The van der Waals surface area contributed by atoms with Crippen LogP contribution in [0, 0.1) is 12.8 Å². The molecule has 2 rings (SSSR count). The molecule has 19 heavy (non-hydrogen) atoms. The Kier molecular flexibility index (Phi) is 4.87. The van der Waals surface area contributed by atoms with Crippen molar-refractivity contribution in [2.45, 2.75) is 52.0 Å². The molecule has 0 heterocycles. The third-order valence-corrected chi connectivity index (χ3v) is 4.59. The number of rotatable bonds is 5. The molecule has 0 radical (unpaired) electrons. The average Bonchev–Trinajstić information content (AvgIpc) is 2.77. The number of ether oxygens (including phenoxy) is 1. The Labute approximate surface area is 117 Å². The van der Waals surface area contributed by atoms with Crippen molar-refractivity contribution >= 4 is 0 Å². The summed E-state index contributed by atoms with van der Waals surface area (Å²) in [6, 6.07) is 7.21. The number of hydrogen-bond donors (Lipinski definition) is 1. The molecular formula is C17H27NO.